The van der Waals surface area contributed by atoms with Gasteiger partial charge in [0.05, 0.1) is 5.97 Å². The Bertz CT molecular complexity index is 167. The van der Waals surface area contributed by atoms with Gasteiger partial charge < -0.3 is 15.0 Å². The molecule has 0 aromatic carbocycles. The van der Waals surface area contributed by atoms with E-state index in [0.29, 0.717) is 0 Å². The number of aliphatic carboxylic acids is 1. The molecule has 0 heterocycles. The molecule has 0 aliphatic rings. The maximum atomic E-state index is 10.3. The van der Waals surface area contributed by atoms with Gasteiger partial charge in [-0.25, -0.2) is 0 Å². The van der Waals surface area contributed by atoms with Gasteiger partial charge in [-0.05, 0) is 12.8 Å². The monoisotopic (exact) mass is 178 g/mol. The quantitative estimate of drug-likeness (QED) is 0.353. The zero-order valence-corrected chi connectivity index (χ0v) is 9.25. The summed E-state index contributed by atoms with van der Waals surface area (Å²) in [6.07, 6.45) is 2.61. The van der Waals surface area contributed by atoms with E-state index in [0.717, 1.165) is 0 Å². The molecular weight excluding hydrogens is 167 g/mol. The van der Waals surface area contributed by atoms with Crippen LogP contribution in [0.25, 0.3) is 0 Å². The Labute approximate surface area is 94.1 Å². The van der Waals surface area contributed by atoms with E-state index < -0.39 is 11.6 Å². The first kappa shape index (κ1) is 14.4. The zero-order chi connectivity index (χ0) is 8.91. The molecule has 0 aliphatic carbocycles. The predicted octanol–water partition coefficient (Wildman–Crippen LogP) is -3.38. The fourth-order valence-corrected chi connectivity index (χ4v) is 0.728. The number of aliphatic hydroxyl groups is 1. The average molecular weight is 178 g/mol. The van der Waals surface area contributed by atoms with Crippen LogP contribution in [-0.4, -0.2) is 16.7 Å². The third kappa shape index (κ3) is 4.07. The summed E-state index contributed by atoms with van der Waals surface area (Å²) in [5.74, 6) is -1.49. The van der Waals surface area contributed by atoms with Crippen molar-refractivity contribution in [3.63, 3.8) is 0 Å². The Balaban J connectivity index is 0. The molecule has 0 atom stereocenters. The summed E-state index contributed by atoms with van der Waals surface area (Å²) in [6, 6.07) is 0. The van der Waals surface area contributed by atoms with Gasteiger partial charge in [0.25, 0.3) is 0 Å². The number of rotatable bonds is 5. The van der Waals surface area contributed by atoms with Gasteiger partial charge in [-0.15, -0.1) is 13.2 Å². The second-order valence-electron chi connectivity index (χ2n) is 2.30. The van der Waals surface area contributed by atoms with Gasteiger partial charge in [0, 0.05) is 0 Å². The Morgan fingerprint density at radius 1 is 1.42 bits per heavy atom. The number of carbonyl (C=O) groups is 1. The second kappa shape index (κ2) is 6.43. The van der Waals surface area contributed by atoms with Gasteiger partial charge in [-0.1, -0.05) is 12.2 Å². The van der Waals surface area contributed by atoms with E-state index in [-0.39, 0.29) is 42.4 Å². The average Bonchev–Trinajstić information content (AvgIpc) is 1.88. The molecular formula is C8H11NaO3. The molecule has 0 saturated heterocycles. The molecule has 3 nitrogen and oxygen atoms in total. The van der Waals surface area contributed by atoms with Gasteiger partial charge in [0.1, 0.15) is 5.60 Å². The van der Waals surface area contributed by atoms with Crippen LogP contribution in [0.5, 0.6) is 0 Å². The Morgan fingerprint density at radius 2 is 1.75 bits per heavy atom. The van der Waals surface area contributed by atoms with Gasteiger partial charge in [-0.3, -0.25) is 0 Å². The molecule has 0 amide bonds. The van der Waals surface area contributed by atoms with Crippen LogP contribution in [0.1, 0.15) is 12.8 Å². The van der Waals surface area contributed by atoms with E-state index in [1.54, 1.807) is 0 Å². The van der Waals surface area contributed by atoms with Crippen molar-refractivity contribution in [2.45, 2.75) is 18.4 Å². The summed E-state index contributed by atoms with van der Waals surface area (Å²) in [4.78, 5) is 10.3. The zero-order valence-electron chi connectivity index (χ0n) is 7.25. The van der Waals surface area contributed by atoms with Gasteiger partial charge in [0.2, 0.25) is 0 Å². The molecule has 0 rings (SSSR count). The van der Waals surface area contributed by atoms with Crippen LogP contribution in [0.2, 0.25) is 0 Å². The third-order valence-corrected chi connectivity index (χ3v) is 1.34. The van der Waals surface area contributed by atoms with E-state index in [1.807, 2.05) is 0 Å². The minimum Gasteiger partial charge on any atom is -0.547 e. The third-order valence-electron chi connectivity index (χ3n) is 1.34. The van der Waals surface area contributed by atoms with Crippen molar-refractivity contribution in [3.05, 3.63) is 25.3 Å². The first-order valence-electron chi connectivity index (χ1n) is 3.22. The Morgan fingerprint density at radius 3 is 1.92 bits per heavy atom. The number of carboxylic acid groups (broad SMARTS) is 1. The normalized spacial score (nSPS) is 9.75. The van der Waals surface area contributed by atoms with E-state index in [9.17, 15) is 15.0 Å². The summed E-state index contributed by atoms with van der Waals surface area (Å²) in [5, 5.41) is 19.6. The van der Waals surface area contributed by atoms with Crippen molar-refractivity contribution in [3.8, 4) is 0 Å². The molecule has 62 valence electrons. The molecule has 1 N–H and O–H groups in total. The molecule has 0 spiro atoms. The van der Waals surface area contributed by atoms with Crippen molar-refractivity contribution in [1.82, 2.24) is 0 Å². The summed E-state index contributed by atoms with van der Waals surface area (Å²) < 4.78 is 0. The maximum absolute atomic E-state index is 10.3. The van der Waals surface area contributed by atoms with Gasteiger partial charge >= 0.3 is 29.6 Å². The molecule has 0 saturated carbocycles. The molecule has 0 fully saturated rings. The van der Waals surface area contributed by atoms with Crippen LogP contribution in [0.15, 0.2) is 25.3 Å². The fraction of sp³-hybridized carbons (Fsp3) is 0.375. The minimum absolute atomic E-state index is 0. The number of carbonyl (C=O) groups excluding carboxylic acids is 1. The number of hydrogen-bond acceptors (Lipinski definition) is 3. The first-order valence-corrected chi connectivity index (χ1v) is 3.22. The van der Waals surface area contributed by atoms with E-state index in [1.165, 1.54) is 12.2 Å². The first-order chi connectivity index (χ1) is 5.06. The van der Waals surface area contributed by atoms with Crippen molar-refractivity contribution in [2.24, 2.45) is 0 Å². The Hall–Kier alpha value is -0.0900. The van der Waals surface area contributed by atoms with Crippen LogP contribution in [0.4, 0.5) is 0 Å². The summed E-state index contributed by atoms with van der Waals surface area (Å²) in [7, 11) is 0. The number of hydrogen-bond donors (Lipinski definition) is 1. The van der Waals surface area contributed by atoms with Crippen molar-refractivity contribution >= 4 is 5.97 Å². The van der Waals surface area contributed by atoms with Crippen LogP contribution in [0.3, 0.4) is 0 Å². The summed E-state index contributed by atoms with van der Waals surface area (Å²) >= 11 is 0. The molecule has 12 heavy (non-hydrogen) atoms. The van der Waals surface area contributed by atoms with Crippen LogP contribution >= 0.6 is 0 Å². The van der Waals surface area contributed by atoms with Crippen molar-refractivity contribution < 1.29 is 44.6 Å². The van der Waals surface area contributed by atoms with Crippen molar-refractivity contribution in [1.29, 1.82) is 0 Å². The van der Waals surface area contributed by atoms with Crippen LogP contribution in [0, 0.1) is 0 Å². The predicted molar refractivity (Wildman–Crippen MR) is 39.6 cm³/mol. The molecule has 0 aromatic rings. The second-order valence-corrected chi connectivity index (χ2v) is 2.30. The van der Waals surface area contributed by atoms with Crippen LogP contribution < -0.4 is 34.7 Å². The van der Waals surface area contributed by atoms with Crippen molar-refractivity contribution in [2.75, 3.05) is 0 Å². The maximum Gasteiger partial charge on any atom is 1.00 e. The van der Waals surface area contributed by atoms with E-state index in [2.05, 4.69) is 13.2 Å². The van der Waals surface area contributed by atoms with Gasteiger partial charge in [-0.2, -0.15) is 0 Å². The standard InChI is InChI=1S/C8H12O3.Na/c1-3-5-8(11,6-4-2)7(9)10;/h3-4,11H,1-2,5-6H2,(H,9,10);/q;+1/p-1. The molecule has 0 aliphatic heterocycles. The SMILES string of the molecule is C=CCC(O)(CC=C)C(=O)[O-].[Na+]. The molecule has 4 heteroatoms. The molecule has 0 unspecified atom stereocenters. The van der Waals surface area contributed by atoms with Gasteiger partial charge in [0.15, 0.2) is 0 Å². The fourth-order valence-electron chi connectivity index (χ4n) is 0.728. The van der Waals surface area contributed by atoms with Crippen LogP contribution in [-0.2, 0) is 4.79 Å². The topological polar surface area (TPSA) is 60.4 Å². The molecule has 0 bridgehead atoms. The minimum atomic E-state index is -1.83. The Kier molecular flexibility index (Phi) is 7.73. The smallest absolute Gasteiger partial charge is 0.547 e. The number of carboxylic acids is 1. The van der Waals surface area contributed by atoms with E-state index >= 15 is 0 Å². The summed E-state index contributed by atoms with van der Waals surface area (Å²) in [6.45, 7) is 6.65. The largest absolute Gasteiger partial charge is 1.00 e. The van der Waals surface area contributed by atoms with E-state index in [4.69, 9.17) is 0 Å². The molecule has 0 aromatic heterocycles. The summed E-state index contributed by atoms with van der Waals surface area (Å²) in [5.41, 5.74) is -1.83. The molecule has 0 radical (unpaired) electrons.